The van der Waals surface area contributed by atoms with E-state index in [0.29, 0.717) is 12.6 Å². The lowest BCUT2D eigenvalue weighted by Crippen LogP contribution is -2.22. The molecule has 102 valence electrons. The zero-order valence-corrected chi connectivity index (χ0v) is 11.8. The van der Waals surface area contributed by atoms with Crippen molar-refractivity contribution < 1.29 is 4.74 Å². The molecule has 4 nitrogen and oxygen atoms in total. The monoisotopic (exact) mass is 259 g/mol. The van der Waals surface area contributed by atoms with Crippen molar-refractivity contribution in [3.05, 3.63) is 47.8 Å². The third-order valence-corrected chi connectivity index (χ3v) is 2.87. The molecule has 0 aliphatic heterocycles. The fraction of sp³-hybridized carbons (Fsp3) is 0.400. The second-order valence-electron chi connectivity index (χ2n) is 4.85. The quantitative estimate of drug-likeness (QED) is 0.866. The van der Waals surface area contributed by atoms with Crippen molar-refractivity contribution in [2.75, 3.05) is 7.11 Å². The fourth-order valence-electron chi connectivity index (χ4n) is 1.91. The molecular formula is C15H21N3O. The molecule has 0 saturated heterocycles. The van der Waals surface area contributed by atoms with Crippen LogP contribution in [0.25, 0.3) is 5.69 Å². The second-order valence-corrected chi connectivity index (χ2v) is 4.85. The Kier molecular flexibility index (Phi) is 4.71. The predicted molar refractivity (Wildman–Crippen MR) is 76.3 cm³/mol. The number of benzene rings is 1. The molecule has 0 atom stereocenters. The van der Waals surface area contributed by atoms with Crippen LogP contribution >= 0.6 is 0 Å². The first-order valence-corrected chi connectivity index (χ1v) is 6.56. The topological polar surface area (TPSA) is 39.1 Å². The van der Waals surface area contributed by atoms with Crippen LogP contribution < -0.4 is 5.32 Å². The van der Waals surface area contributed by atoms with Crippen molar-refractivity contribution >= 4 is 0 Å². The molecule has 4 heteroatoms. The molecule has 0 saturated carbocycles. The van der Waals surface area contributed by atoms with E-state index in [4.69, 9.17) is 4.74 Å². The standard InChI is InChI=1S/C15H21N3O/c1-12(2)16-10-14-8-9-18(17-14)15-7-5-4-6-13(15)11-19-3/h4-9,12,16H,10-11H2,1-3H3. The third-order valence-electron chi connectivity index (χ3n) is 2.87. The number of para-hydroxylation sites is 1. The summed E-state index contributed by atoms with van der Waals surface area (Å²) in [5, 5.41) is 7.96. The van der Waals surface area contributed by atoms with Crippen LogP contribution in [0.2, 0.25) is 0 Å². The normalized spacial score (nSPS) is 11.2. The van der Waals surface area contributed by atoms with Gasteiger partial charge in [0.2, 0.25) is 0 Å². The van der Waals surface area contributed by atoms with E-state index in [1.165, 1.54) is 0 Å². The Morgan fingerprint density at radius 3 is 2.79 bits per heavy atom. The maximum atomic E-state index is 5.22. The van der Waals surface area contributed by atoms with Gasteiger partial charge in [-0.05, 0) is 12.1 Å². The molecule has 0 fully saturated rings. The molecule has 0 unspecified atom stereocenters. The second kappa shape index (κ2) is 6.50. The summed E-state index contributed by atoms with van der Waals surface area (Å²) in [5.41, 5.74) is 3.25. The molecule has 1 aromatic heterocycles. The number of rotatable bonds is 6. The first-order chi connectivity index (χ1) is 9.20. The molecule has 0 radical (unpaired) electrons. The summed E-state index contributed by atoms with van der Waals surface area (Å²) < 4.78 is 7.13. The van der Waals surface area contributed by atoms with Gasteiger partial charge in [0.15, 0.2) is 0 Å². The van der Waals surface area contributed by atoms with Gasteiger partial charge in [-0.25, -0.2) is 4.68 Å². The van der Waals surface area contributed by atoms with E-state index in [1.807, 2.05) is 29.1 Å². The zero-order valence-electron chi connectivity index (χ0n) is 11.8. The Hall–Kier alpha value is -1.65. The first-order valence-electron chi connectivity index (χ1n) is 6.56. The minimum Gasteiger partial charge on any atom is -0.380 e. The van der Waals surface area contributed by atoms with Crippen LogP contribution in [-0.2, 0) is 17.9 Å². The van der Waals surface area contributed by atoms with E-state index in [-0.39, 0.29) is 0 Å². The Bertz CT molecular complexity index is 520. The maximum Gasteiger partial charge on any atom is 0.0766 e. The number of hydrogen-bond acceptors (Lipinski definition) is 3. The van der Waals surface area contributed by atoms with E-state index in [1.54, 1.807) is 7.11 Å². The number of nitrogens with zero attached hydrogens (tertiary/aromatic N) is 2. The molecule has 19 heavy (non-hydrogen) atoms. The Morgan fingerprint density at radius 2 is 2.05 bits per heavy atom. The molecule has 2 aromatic rings. The van der Waals surface area contributed by atoms with E-state index >= 15 is 0 Å². The molecule has 1 N–H and O–H groups in total. The summed E-state index contributed by atoms with van der Waals surface area (Å²) in [6, 6.07) is 10.7. The lowest BCUT2D eigenvalue weighted by atomic mass is 10.2. The van der Waals surface area contributed by atoms with Gasteiger partial charge in [0.25, 0.3) is 0 Å². The van der Waals surface area contributed by atoms with Crippen LogP contribution in [0.15, 0.2) is 36.5 Å². The molecule has 0 aliphatic carbocycles. The van der Waals surface area contributed by atoms with E-state index in [0.717, 1.165) is 23.5 Å². The van der Waals surface area contributed by atoms with Gasteiger partial charge in [0.05, 0.1) is 18.0 Å². The highest BCUT2D eigenvalue weighted by Gasteiger charge is 2.06. The van der Waals surface area contributed by atoms with Gasteiger partial charge in [0, 0.05) is 31.5 Å². The molecular weight excluding hydrogens is 238 g/mol. The molecule has 0 aliphatic rings. The summed E-state index contributed by atoms with van der Waals surface area (Å²) in [6.45, 7) is 5.64. The van der Waals surface area contributed by atoms with Crippen LogP contribution in [0, 0.1) is 0 Å². The highest BCUT2D eigenvalue weighted by atomic mass is 16.5. The third kappa shape index (κ3) is 3.66. The summed E-state index contributed by atoms with van der Waals surface area (Å²) in [7, 11) is 1.71. The van der Waals surface area contributed by atoms with Crippen molar-refractivity contribution in [2.45, 2.75) is 33.0 Å². The van der Waals surface area contributed by atoms with E-state index in [9.17, 15) is 0 Å². The van der Waals surface area contributed by atoms with Gasteiger partial charge in [-0.1, -0.05) is 32.0 Å². The number of nitrogens with one attached hydrogen (secondary N) is 1. The minimum absolute atomic E-state index is 0.464. The summed E-state index contributed by atoms with van der Waals surface area (Å²) in [5.74, 6) is 0. The van der Waals surface area contributed by atoms with Crippen molar-refractivity contribution in [3.63, 3.8) is 0 Å². The SMILES string of the molecule is COCc1ccccc1-n1ccc(CNC(C)C)n1. The van der Waals surface area contributed by atoms with Crippen LogP contribution in [0.4, 0.5) is 0 Å². The molecule has 2 rings (SSSR count). The Balaban J connectivity index is 2.18. The smallest absolute Gasteiger partial charge is 0.0766 e. The van der Waals surface area contributed by atoms with E-state index < -0.39 is 0 Å². The number of ether oxygens (including phenoxy) is 1. The van der Waals surface area contributed by atoms with Crippen molar-refractivity contribution in [3.8, 4) is 5.69 Å². The number of hydrogen-bond donors (Lipinski definition) is 1. The Morgan fingerprint density at radius 1 is 1.26 bits per heavy atom. The van der Waals surface area contributed by atoms with Crippen LogP contribution in [0.3, 0.4) is 0 Å². The van der Waals surface area contributed by atoms with Crippen LogP contribution in [-0.4, -0.2) is 22.9 Å². The van der Waals surface area contributed by atoms with Gasteiger partial charge in [-0.2, -0.15) is 5.10 Å². The van der Waals surface area contributed by atoms with Crippen molar-refractivity contribution in [1.82, 2.24) is 15.1 Å². The van der Waals surface area contributed by atoms with Crippen LogP contribution in [0.5, 0.6) is 0 Å². The lowest BCUT2D eigenvalue weighted by molar-refractivity contribution is 0.184. The van der Waals surface area contributed by atoms with Crippen molar-refractivity contribution in [1.29, 1.82) is 0 Å². The number of aromatic nitrogens is 2. The zero-order chi connectivity index (χ0) is 13.7. The highest BCUT2D eigenvalue weighted by Crippen LogP contribution is 2.15. The molecule has 0 bridgehead atoms. The summed E-state index contributed by atoms with van der Waals surface area (Å²) in [6.07, 6.45) is 1.99. The van der Waals surface area contributed by atoms with Gasteiger partial charge in [-0.3, -0.25) is 0 Å². The van der Waals surface area contributed by atoms with Gasteiger partial charge >= 0.3 is 0 Å². The largest absolute Gasteiger partial charge is 0.380 e. The van der Waals surface area contributed by atoms with Gasteiger partial charge in [-0.15, -0.1) is 0 Å². The molecule has 1 aromatic carbocycles. The van der Waals surface area contributed by atoms with E-state index in [2.05, 4.69) is 36.4 Å². The average molecular weight is 259 g/mol. The maximum absolute atomic E-state index is 5.22. The van der Waals surface area contributed by atoms with Gasteiger partial charge in [0.1, 0.15) is 0 Å². The molecule has 0 amide bonds. The van der Waals surface area contributed by atoms with Crippen molar-refractivity contribution in [2.24, 2.45) is 0 Å². The lowest BCUT2D eigenvalue weighted by Gasteiger charge is -2.09. The summed E-state index contributed by atoms with van der Waals surface area (Å²) in [4.78, 5) is 0. The average Bonchev–Trinajstić information content (AvgIpc) is 2.86. The summed E-state index contributed by atoms with van der Waals surface area (Å²) >= 11 is 0. The molecule has 0 spiro atoms. The molecule has 1 heterocycles. The predicted octanol–water partition coefficient (Wildman–Crippen LogP) is 2.52. The highest BCUT2D eigenvalue weighted by molar-refractivity contribution is 5.40. The Labute approximate surface area is 114 Å². The van der Waals surface area contributed by atoms with Crippen LogP contribution in [0.1, 0.15) is 25.1 Å². The number of methoxy groups -OCH3 is 1. The first kappa shape index (κ1) is 13.8. The fourth-order valence-corrected chi connectivity index (χ4v) is 1.91. The minimum atomic E-state index is 0.464. The van der Waals surface area contributed by atoms with Gasteiger partial charge < -0.3 is 10.1 Å².